The van der Waals surface area contributed by atoms with Crippen LogP contribution in [0.25, 0.3) is 0 Å². The molecule has 146 valence electrons. The van der Waals surface area contributed by atoms with Gasteiger partial charge in [0.2, 0.25) is 0 Å². The van der Waals surface area contributed by atoms with E-state index < -0.39 is 11.9 Å². The van der Waals surface area contributed by atoms with Crippen LogP contribution in [-0.4, -0.2) is 55.6 Å². The number of hydrogen-bond acceptors (Lipinski definition) is 6. The van der Waals surface area contributed by atoms with Crippen molar-refractivity contribution in [3.63, 3.8) is 0 Å². The zero-order chi connectivity index (χ0) is 20.1. The molecular weight excluding hydrogens is 350 g/mol. The molecule has 1 rings (SSSR count). The lowest BCUT2D eigenvalue weighted by atomic mass is 10.0. The molecule has 0 radical (unpaired) electrons. The van der Waals surface area contributed by atoms with Crippen LogP contribution in [0.1, 0.15) is 59.2 Å². The minimum atomic E-state index is -0.765. The van der Waals surface area contributed by atoms with Gasteiger partial charge in [-0.3, -0.25) is 9.59 Å². The number of carbonyl (C=O) groups is 5. The summed E-state index contributed by atoms with van der Waals surface area (Å²) in [6.45, 7) is 0.341. The standard InChI is InChI=1S/C20H25NO6/c1-21(17(15-25)9-7-12-23)20(26)19-16(14-24)8-6-10-18(19)27-13-5-3-2-4-11-22/h6,8,10-12,14-15,17H,2-5,7,9,13H2,1H3. The predicted octanol–water partition coefficient (Wildman–Crippen LogP) is 2.26. The van der Waals surface area contributed by atoms with E-state index in [1.165, 1.54) is 18.0 Å². The van der Waals surface area contributed by atoms with Gasteiger partial charge in [0.15, 0.2) is 6.29 Å². The van der Waals surface area contributed by atoms with Gasteiger partial charge in [-0.1, -0.05) is 12.1 Å². The van der Waals surface area contributed by atoms with E-state index in [4.69, 9.17) is 4.74 Å². The second kappa shape index (κ2) is 12.5. The van der Waals surface area contributed by atoms with Crippen molar-refractivity contribution in [3.05, 3.63) is 29.3 Å². The molecule has 0 N–H and O–H groups in total. The smallest absolute Gasteiger partial charge is 0.258 e. The van der Waals surface area contributed by atoms with Crippen molar-refractivity contribution >= 4 is 31.1 Å². The summed E-state index contributed by atoms with van der Waals surface area (Å²) in [5.41, 5.74) is 0.270. The average molecular weight is 375 g/mol. The van der Waals surface area contributed by atoms with Crippen molar-refractivity contribution in [2.75, 3.05) is 13.7 Å². The van der Waals surface area contributed by atoms with Crippen molar-refractivity contribution in [1.29, 1.82) is 0 Å². The summed E-state index contributed by atoms with van der Waals surface area (Å²) in [5.74, 6) is -0.247. The van der Waals surface area contributed by atoms with Gasteiger partial charge in [-0.15, -0.1) is 0 Å². The van der Waals surface area contributed by atoms with Crippen LogP contribution in [0.15, 0.2) is 18.2 Å². The van der Waals surface area contributed by atoms with Crippen LogP contribution in [0.4, 0.5) is 0 Å². The average Bonchev–Trinajstić information content (AvgIpc) is 2.70. The van der Waals surface area contributed by atoms with E-state index in [1.54, 1.807) is 12.1 Å². The molecule has 7 nitrogen and oxygen atoms in total. The zero-order valence-corrected chi connectivity index (χ0v) is 15.5. The molecule has 0 aliphatic heterocycles. The van der Waals surface area contributed by atoms with Gasteiger partial charge in [0, 0.05) is 25.5 Å². The Morgan fingerprint density at radius 1 is 1.07 bits per heavy atom. The molecule has 7 heteroatoms. The lowest BCUT2D eigenvalue weighted by Crippen LogP contribution is -2.38. The van der Waals surface area contributed by atoms with Gasteiger partial charge in [0.05, 0.1) is 18.2 Å². The fourth-order valence-corrected chi connectivity index (χ4v) is 2.60. The molecule has 0 spiro atoms. The Morgan fingerprint density at radius 2 is 1.81 bits per heavy atom. The van der Waals surface area contributed by atoms with Gasteiger partial charge in [-0.2, -0.15) is 0 Å². The van der Waals surface area contributed by atoms with Crippen LogP contribution in [0, 0.1) is 0 Å². The van der Waals surface area contributed by atoms with Crippen molar-refractivity contribution < 1.29 is 28.7 Å². The van der Waals surface area contributed by atoms with Gasteiger partial charge >= 0.3 is 0 Å². The monoisotopic (exact) mass is 375 g/mol. The minimum absolute atomic E-state index is 0.0980. The first kappa shape index (κ1) is 22.2. The van der Waals surface area contributed by atoms with E-state index in [-0.39, 0.29) is 29.7 Å². The SMILES string of the molecule is CN(C(=O)c1c(C=O)cccc1OCCCCCC=O)C(C=O)CCC=O. The number of rotatable bonds is 14. The number of hydrogen-bond donors (Lipinski definition) is 0. The Labute approximate surface area is 158 Å². The Morgan fingerprint density at radius 3 is 2.44 bits per heavy atom. The van der Waals surface area contributed by atoms with Crippen molar-refractivity contribution in [2.24, 2.45) is 0 Å². The molecule has 1 atom stereocenters. The van der Waals surface area contributed by atoms with E-state index in [9.17, 15) is 24.0 Å². The number of likely N-dealkylation sites (N-methyl/N-ethyl adjacent to an activating group) is 1. The van der Waals surface area contributed by atoms with Crippen LogP contribution >= 0.6 is 0 Å². The van der Waals surface area contributed by atoms with Crippen LogP contribution in [0.5, 0.6) is 5.75 Å². The van der Waals surface area contributed by atoms with Gasteiger partial charge < -0.3 is 24.0 Å². The van der Waals surface area contributed by atoms with Crippen LogP contribution < -0.4 is 4.74 Å². The predicted molar refractivity (Wildman–Crippen MR) is 99.1 cm³/mol. The maximum absolute atomic E-state index is 12.9. The molecule has 1 unspecified atom stereocenters. The van der Waals surface area contributed by atoms with Gasteiger partial charge in [-0.25, -0.2) is 0 Å². The van der Waals surface area contributed by atoms with E-state index in [0.29, 0.717) is 38.3 Å². The van der Waals surface area contributed by atoms with Crippen molar-refractivity contribution in [1.82, 2.24) is 4.90 Å². The molecule has 1 aromatic carbocycles. The largest absolute Gasteiger partial charge is 0.493 e. The van der Waals surface area contributed by atoms with Crippen LogP contribution in [0.3, 0.4) is 0 Å². The summed E-state index contributed by atoms with van der Waals surface area (Å²) in [5, 5.41) is 0. The van der Waals surface area contributed by atoms with E-state index in [2.05, 4.69) is 0 Å². The van der Waals surface area contributed by atoms with Crippen LogP contribution in [0.2, 0.25) is 0 Å². The third-order valence-corrected chi connectivity index (χ3v) is 4.18. The molecule has 0 aliphatic carbocycles. The van der Waals surface area contributed by atoms with Gasteiger partial charge in [-0.05, 0) is 31.7 Å². The lowest BCUT2D eigenvalue weighted by molar-refractivity contribution is -0.112. The fourth-order valence-electron chi connectivity index (χ4n) is 2.60. The maximum atomic E-state index is 12.9. The van der Waals surface area contributed by atoms with E-state index in [1.807, 2.05) is 0 Å². The molecule has 27 heavy (non-hydrogen) atoms. The molecule has 0 saturated heterocycles. The number of ether oxygens (including phenoxy) is 1. The van der Waals surface area contributed by atoms with E-state index in [0.717, 1.165) is 19.1 Å². The summed E-state index contributed by atoms with van der Waals surface area (Å²) in [6.07, 6.45) is 5.90. The minimum Gasteiger partial charge on any atom is -0.493 e. The van der Waals surface area contributed by atoms with Crippen LogP contribution in [-0.2, 0) is 14.4 Å². The summed E-state index contributed by atoms with van der Waals surface area (Å²) in [4.78, 5) is 57.6. The highest BCUT2D eigenvalue weighted by Gasteiger charge is 2.25. The molecule has 1 amide bonds. The Kier molecular flexibility index (Phi) is 10.3. The lowest BCUT2D eigenvalue weighted by Gasteiger charge is -2.25. The molecule has 1 aromatic rings. The third-order valence-electron chi connectivity index (χ3n) is 4.18. The molecule has 0 saturated carbocycles. The topological polar surface area (TPSA) is 97.8 Å². The molecule has 0 heterocycles. The third kappa shape index (κ3) is 6.77. The summed E-state index contributed by atoms with van der Waals surface area (Å²) < 4.78 is 5.69. The summed E-state index contributed by atoms with van der Waals surface area (Å²) in [7, 11) is 1.46. The molecule has 0 bridgehead atoms. The highest BCUT2D eigenvalue weighted by atomic mass is 16.5. The molecule has 0 aromatic heterocycles. The molecule has 0 aliphatic rings. The van der Waals surface area contributed by atoms with Gasteiger partial charge in [0.1, 0.15) is 24.6 Å². The maximum Gasteiger partial charge on any atom is 0.258 e. The number of amides is 1. The van der Waals surface area contributed by atoms with Gasteiger partial charge in [0.25, 0.3) is 5.91 Å². The second-order valence-electron chi connectivity index (χ2n) is 6.07. The first-order chi connectivity index (χ1) is 13.1. The zero-order valence-electron chi connectivity index (χ0n) is 15.5. The normalized spacial score (nSPS) is 11.3. The molecule has 0 fully saturated rings. The summed E-state index contributed by atoms with van der Waals surface area (Å²) >= 11 is 0. The van der Waals surface area contributed by atoms with Crippen molar-refractivity contribution in [3.8, 4) is 5.75 Å². The number of benzene rings is 1. The Bertz CT molecular complexity index is 658. The first-order valence-corrected chi connectivity index (χ1v) is 8.91. The number of unbranched alkanes of at least 4 members (excludes halogenated alkanes) is 3. The second-order valence-corrected chi connectivity index (χ2v) is 6.07. The van der Waals surface area contributed by atoms with E-state index >= 15 is 0 Å². The number of aldehydes is 4. The summed E-state index contributed by atoms with van der Waals surface area (Å²) in [6, 6.07) is 3.96. The number of nitrogens with zero attached hydrogens (tertiary/aromatic N) is 1. The first-order valence-electron chi connectivity index (χ1n) is 8.91. The quantitative estimate of drug-likeness (QED) is 0.365. The van der Waals surface area contributed by atoms with Crippen molar-refractivity contribution in [2.45, 2.75) is 44.6 Å². The Balaban J connectivity index is 2.94. The molecular formula is C20H25NO6. The highest BCUT2D eigenvalue weighted by molar-refractivity contribution is 6.04. The highest BCUT2D eigenvalue weighted by Crippen LogP contribution is 2.24. The Hall–Kier alpha value is -2.83. The fraction of sp³-hybridized carbons (Fsp3) is 0.450. The number of carbonyl (C=O) groups excluding carboxylic acids is 5.